The number of anilines is 1. The smallest absolute Gasteiger partial charge is 0.254 e. The van der Waals surface area contributed by atoms with Crippen LogP contribution in [0.3, 0.4) is 0 Å². The number of likely N-dealkylation sites (tertiary alicyclic amines) is 1. The highest BCUT2D eigenvalue weighted by atomic mass is 16.5. The van der Waals surface area contributed by atoms with Gasteiger partial charge in [-0.3, -0.25) is 14.9 Å². The predicted molar refractivity (Wildman–Crippen MR) is 109 cm³/mol. The second-order valence-corrected chi connectivity index (χ2v) is 8.26. The Labute approximate surface area is 172 Å². The molecule has 2 aliphatic heterocycles. The molecule has 2 atom stereocenters. The molecule has 2 bridgehead atoms. The van der Waals surface area contributed by atoms with Crippen LogP contribution in [0.1, 0.15) is 29.6 Å². The molecule has 8 heteroatoms. The lowest BCUT2D eigenvalue weighted by Crippen LogP contribution is -2.41. The summed E-state index contributed by atoms with van der Waals surface area (Å²) >= 11 is 0. The molecule has 8 nitrogen and oxygen atoms in total. The fourth-order valence-corrected chi connectivity index (χ4v) is 4.33. The first kappa shape index (κ1) is 17.6. The Bertz CT molecular complexity index is 1150. The highest BCUT2D eigenvalue weighted by Crippen LogP contribution is 2.31. The maximum absolute atomic E-state index is 12.9. The largest absolute Gasteiger partial charge is 0.374 e. The quantitative estimate of drug-likeness (QED) is 0.722. The molecule has 30 heavy (non-hydrogen) atoms. The van der Waals surface area contributed by atoms with E-state index in [1.54, 1.807) is 4.52 Å². The monoisotopic (exact) mass is 403 g/mol. The number of amides is 2. The molecule has 1 aromatic carbocycles. The molecule has 152 valence electrons. The number of benzene rings is 1. The van der Waals surface area contributed by atoms with Crippen molar-refractivity contribution in [3.8, 4) is 11.3 Å². The average Bonchev–Trinajstić information content (AvgIpc) is 3.20. The Morgan fingerprint density at radius 2 is 1.93 bits per heavy atom. The van der Waals surface area contributed by atoms with Gasteiger partial charge in [0.25, 0.3) is 5.91 Å². The van der Waals surface area contributed by atoms with Gasteiger partial charge in [0, 0.05) is 23.6 Å². The molecule has 6 rings (SSSR count). The number of ether oxygens (including phenoxy) is 1. The number of pyridine rings is 1. The molecule has 0 spiro atoms. The molecule has 2 saturated heterocycles. The minimum absolute atomic E-state index is 0.0173. The number of hydrogen-bond acceptors (Lipinski definition) is 5. The van der Waals surface area contributed by atoms with Crippen LogP contribution in [0.4, 0.5) is 5.95 Å². The molecule has 3 fully saturated rings. The third-order valence-corrected chi connectivity index (χ3v) is 6.13. The van der Waals surface area contributed by atoms with Gasteiger partial charge in [-0.15, -0.1) is 5.10 Å². The van der Waals surface area contributed by atoms with Crippen molar-refractivity contribution >= 4 is 23.4 Å². The van der Waals surface area contributed by atoms with E-state index in [1.807, 2.05) is 47.4 Å². The number of nitrogens with one attached hydrogen (secondary N) is 1. The van der Waals surface area contributed by atoms with Crippen molar-refractivity contribution in [2.45, 2.75) is 31.4 Å². The van der Waals surface area contributed by atoms with E-state index in [4.69, 9.17) is 4.74 Å². The zero-order chi connectivity index (χ0) is 20.2. The van der Waals surface area contributed by atoms with E-state index < -0.39 is 0 Å². The lowest BCUT2D eigenvalue weighted by Gasteiger charge is -2.27. The summed E-state index contributed by atoms with van der Waals surface area (Å²) in [6.07, 6.45) is 3.00. The number of nitrogens with zero attached hydrogens (tertiary/aromatic N) is 4. The molecule has 1 saturated carbocycles. The summed E-state index contributed by atoms with van der Waals surface area (Å²) in [4.78, 5) is 31.2. The number of fused-ring (bicyclic) bond motifs is 3. The van der Waals surface area contributed by atoms with Crippen molar-refractivity contribution in [1.29, 1.82) is 0 Å². The molecule has 4 heterocycles. The first-order chi connectivity index (χ1) is 14.7. The van der Waals surface area contributed by atoms with E-state index in [2.05, 4.69) is 15.4 Å². The number of hydrogen-bond donors (Lipinski definition) is 1. The van der Waals surface area contributed by atoms with Gasteiger partial charge >= 0.3 is 0 Å². The summed E-state index contributed by atoms with van der Waals surface area (Å²) < 4.78 is 7.31. The van der Waals surface area contributed by atoms with Crippen LogP contribution in [-0.4, -0.2) is 56.6 Å². The molecule has 2 amide bonds. The summed E-state index contributed by atoms with van der Waals surface area (Å²) in [5.41, 5.74) is 3.11. The second-order valence-electron chi connectivity index (χ2n) is 8.26. The molecular formula is C22H21N5O3. The van der Waals surface area contributed by atoms with Crippen LogP contribution in [0.25, 0.3) is 16.9 Å². The van der Waals surface area contributed by atoms with Crippen molar-refractivity contribution in [2.24, 2.45) is 5.92 Å². The lowest BCUT2D eigenvalue weighted by atomic mass is 10.1. The Balaban J connectivity index is 1.26. The zero-order valence-corrected chi connectivity index (χ0v) is 16.3. The number of aromatic nitrogens is 3. The highest BCUT2D eigenvalue weighted by molar-refractivity contribution is 5.95. The van der Waals surface area contributed by atoms with Crippen molar-refractivity contribution in [2.75, 3.05) is 18.5 Å². The fourth-order valence-electron chi connectivity index (χ4n) is 4.33. The van der Waals surface area contributed by atoms with E-state index in [0.29, 0.717) is 30.3 Å². The normalized spacial score (nSPS) is 22.6. The standard InChI is InChI=1S/C22H21N5O3/c28-20(14-6-7-14)24-22-23-19-3-1-2-18(27(19)25-22)13-4-8-15(9-5-13)21(29)26-11-17-10-16(26)12-30-17/h1-5,8-9,14,16-17H,6-7,10-12H2,(H,24,25,28)/t16-,17-/m0/s1. The van der Waals surface area contributed by atoms with E-state index in [0.717, 1.165) is 30.5 Å². The van der Waals surface area contributed by atoms with Gasteiger partial charge in [0.05, 0.1) is 24.4 Å². The molecule has 3 aliphatic rings. The Hall–Kier alpha value is -3.26. The number of carbonyl (C=O) groups excluding carboxylic acids is 2. The first-order valence-electron chi connectivity index (χ1n) is 10.4. The van der Waals surface area contributed by atoms with Crippen molar-refractivity contribution in [1.82, 2.24) is 19.5 Å². The Kier molecular flexibility index (Phi) is 3.89. The van der Waals surface area contributed by atoms with Gasteiger partial charge in [-0.05, 0) is 43.5 Å². The maximum Gasteiger partial charge on any atom is 0.254 e. The van der Waals surface area contributed by atoms with Gasteiger partial charge in [0.1, 0.15) is 0 Å². The van der Waals surface area contributed by atoms with Crippen LogP contribution in [0.2, 0.25) is 0 Å². The van der Waals surface area contributed by atoms with Crippen molar-refractivity contribution in [3.63, 3.8) is 0 Å². The Morgan fingerprint density at radius 3 is 2.63 bits per heavy atom. The number of rotatable bonds is 4. The summed E-state index contributed by atoms with van der Waals surface area (Å²) in [6, 6.07) is 13.5. The minimum Gasteiger partial charge on any atom is -0.374 e. The molecule has 2 aromatic heterocycles. The lowest BCUT2D eigenvalue weighted by molar-refractivity contribution is -0.117. The number of carbonyl (C=O) groups is 2. The van der Waals surface area contributed by atoms with Crippen LogP contribution in [0.5, 0.6) is 0 Å². The van der Waals surface area contributed by atoms with Gasteiger partial charge in [0.2, 0.25) is 11.9 Å². The van der Waals surface area contributed by atoms with Crippen LogP contribution in [-0.2, 0) is 9.53 Å². The molecular weight excluding hydrogens is 382 g/mol. The topological polar surface area (TPSA) is 88.8 Å². The number of morpholine rings is 1. The van der Waals surface area contributed by atoms with Crippen LogP contribution in [0.15, 0.2) is 42.5 Å². The second kappa shape index (κ2) is 6.63. The third kappa shape index (κ3) is 2.95. The molecule has 0 radical (unpaired) electrons. The van der Waals surface area contributed by atoms with Gasteiger partial charge in [-0.1, -0.05) is 18.2 Å². The van der Waals surface area contributed by atoms with Crippen molar-refractivity contribution in [3.05, 3.63) is 48.0 Å². The van der Waals surface area contributed by atoms with Crippen LogP contribution in [0, 0.1) is 5.92 Å². The van der Waals surface area contributed by atoms with Crippen molar-refractivity contribution < 1.29 is 14.3 Å². The SMILES string of the molecule is O=C(Nc1nc2cccc(-c3ccc(C(=O)N4C[C@@H]5C[C@H]4CO5)cc3)n2n1)C1CC1. The highest BCUT2D eigenvalue weighted by Gasteiger charge is 2.41. The van der Waals surface area contributed by atoms with Gasteiger partial charge < -0.3 is 9.64 Å². The van der Waals surface area contributed by atoms with E-state index >= 15 is 0 Å². The van der Waals surface area contributed by atoms with Crippen LogP contribution >= 0.6 is 0 Å². The van der Waals surface area contributed by atoms with Gasteiger partial charge in [0.15, 0.2) is 5.65 Å². The third-order valence-electron chi connectivity index (χ3n) is 6.13. The summed E-state index contributed by atoms with van der Waals surface area (Å²) in [6.45, 7) is 1.32. The average molecular weight is 403 g/mol. The summed E-state index contributed by atoms with van der Waals surface area (Å²) in [7, 11) is 0. The maximum atomic E-state index is 12.9. The predicted octanol–water partition coefficient (Wildman–Crippen LogP) is 2.36. The zero-order valence-electron chi connectivity index (χ0n) is 16.3. The summed E-state index contributed by atoms with van der Waals surface area (Å²) in [5, 5.41) is 7.27. The summed E-state index contributed by atoms with van der Waals surface area (Å²) in [5.74, 6) is 0.453. The van der Waals surface area contributed by atoms with E-state index in [9.17, 15) is 9.59 Å². The molecule has 0 unspecified atom stereocenters. The minimum atomic E-state index is -0.0173. The Morgan fingerprint density at radius 1 is 1.10 bits per heavy atom. The fraction of sp³-hybridized carbons (Fsp3) is 0.364. The van der Waals surface area contributed by atoms with Gasteiger partial charge in [-0.2, -0.15) is 4.98 Å². The van der Waals surface area contributed by atoms with Gasteiger partial charge in [-0.25, -0.2) is 4.52 Å². The molecule has 1 N–H and O–H groups in total. The van der Waals surface area contributed by atoms with E-state index in [1.165, 1.54) is 0 Å². The van der Waals surface area contributed by atoms with Crippen LogP contribution < -0.4 is 5.32 Å². The molecule has 3 aromatic rings. The molecule has 1 aliphatic carbocycles. The first-order valence-corrected chi connectivity index (χ1v) is 10.4. The van der Waals surface area contributed by atoms with E-state index in [-0.39, 0.29) is 29.9 Å².